The van der Waals surface area contributed by atoms with E-state index < -0.39 is 11.6 Å². The van der Waals surface area contributed by atoms with Gasteiger partial charge in [0.15, 0.2) is 11.6 Å². The number of benzene rings is 5. The van der Waals surface area contributed by atoms with Gasteiger partial charge in [-0.1, -0.05) is 133 Å². The van der Waals surface area contributed by atoms with Gasteiger partial charge in [0.2, 0.25) is 5.90 Å². The van der Waals surface area contributed by atoms with Crippen LogP contribution in [-0.2, 0) is 16.1 Å². The van der Waals surface area contributed by atoms with Crippen LogP contribution in [-0.4, -0.2) is 42.2 Å². The maximum Gasteiger partial charge on any atom is 0.266 e. The van der Waals surface area contributed by atoms with Gasteiger partial charge in [-0.15, -0.1) is 0 Å². The minimum absolute atomic E-state index is 0.0380. The van der Waals surface area contributed by atoms with E-state index in [0.717, 1.165) is 22.3 Å². The summed E-state index contributed by atoms with van der Waals surface area (Å²) in [5.74, 6) is 0.522. The SMILES string of the molecule is [N-]=[N+]=NCc1ccccc1[C@@H]1OC(c2ccc(OCCCO)cc2)=N[C@]1(C/C=C/c1ccccc1)C(=O)NNCC(c1ccccc1)c1ccccc1. The average Bonchev–Trinajstić information content (AvgIpc) is 3.60. The van der Waals surface area contributed by atoms with Crippen LogP contribution in [0.5, 0.6) is 5.75 Å². The van der Waals surface area contributed by atoms with E-state index in [-0.39, 0.29) is 31.4 Å². The second-order valence-corrected chi connectivity index (χ2v) is 12.6. The minimum Gasteiger partial charge on any atom is -0.494 e. The molecule has 0 aromatic heterocycles. The van der Waals surface area contributed by atoms with Gasteiger partial charge in [-0.2, -0.15) is 0 Å². The zero-order chi connectivity index (χ0) is 36.7. The van der Waals surface area contributed by atoms with E-state index in [1.54, 1.807) is 0 Å². The molecule has 0 saturated carbocycles. The van der Waals surface area contributed by atoms with Crippen molar-refractivity contribution >= 4 is 17.9 Å². The number of carbonyl (C=O) groups excluding carboxylic acids is 1. The minimum atomic E-state index is -1.47. The number of carbonyl (C=O) groups is 1. The molecule has 0 fully saturated rings. The van der Waals surface area contributed by atoms with Crippen LogP contribution in [0.2, 0.25) is 0 Å². The van der Waals surface area contributed by atoms with E-state index in [0.29, 0.717) is 42.3 Å². The third-order valence-electron chi connectivity index (χ3n) is 9.12. The van der Waals surface area contributed by atoms with Crippen molar-refractivity contribution < 1.29 is 19.4 Å². The Morgan fingerprint density at radius 1 is 0.906 bits per heavy atom. The molecule has 5 aromatic carbocycles. The van der Waals surface area contributed by atoms with Crippen LogP contribution >= 0.6 is 0 Å². The number of amides is 1. The molecule has 268 valence electrons. The van der Waals surface area contributed by atoms with Gasteiger partial charge in [-0.05, 0) is 57.6 Å². The molecule has 0 bridgehead atoms. The monoisotopic (exact) mass is 706 g/mol. The highest BCUT2D eigenvalue weighted by Gasteiger charge is 2.53. The maximum absolute atomic E-state index is 14.8. The molecule has 2 atom stereocenters. The van der Waals surface area contributed by atoms with Crippen molar-refractivity contribution in [2.24, 2.45) is 10.1 Å². The lowest BCUT2D eigenvalue weighted by atomic mass is 9.82. The Morgan fingerprint density at radius 2 is 1.55 bits per heavy atom. The molecule has 1 amide bonds. The summed E-state index contributed by atoms with van der Waals surface area (Å²) in [6.45, 7) is 0.926. The zero-order valence-electron chi connectivity index (χ0n) is 29.3. The van der Waals surface area contributed by atoms with Crippen molar-refractivity contribution in [1.29, 1.82) is 0 Å². The van der Waals surface area contributed by atoms with Crippen LogP contribution in [0.3, 0.4) is 0 Å². The van der Waals surface area contributed by atoms with Gasteiger partial charge in [-0.25, -0.2) is 10.4 Å². The van der Waals surface area contributed by atoms with Gasteiger partial charge in [0.1, 0.15) is 5.75 Å². The van der Waals surface area contributed by atoms with E-state index in [4.69, 9.17) is 19.6 Å². The fourth-order valence-corrected chi connectivity index (χ4v) is 6.41. The summed E-state index contributed by atoms with van der Waals surface area (Å²) in [6, 6.07) is 45.0. The number of nitrogens with one attached hydrogen (secondary N) is 2. The van der Waals surface area contributed by atoms with Crippen molar-refractivity contribution in [2.75, 3.05) is 19.8 Å². The number of hydrogen-bond donors (Lipinski definition) is 3. The highest BCUT2D eigenvalue weighted by Crippen LogP contribution is 2.44. The fraction of sp³-hybridized carbons (Fsp3) is 0.209. The Bertz CT molecular complexity index is 1990. The molecule has 6 rings (SSSR count). The van der Waals surface area contributed by atoms with Gasteiger partial charge < -0.3 is 14.6 Å². The summed E-state index contributed by atoms with van der Waals surface area (Å²) in [6.07, 6.45) is 3.77. The second kappa shape index (κ2) is 18.3. The smallest absolute Gasteiger partial charge is 0.266 e. The van der Waals surface area contributed by atoms with Gasteiger partial charge in [0.05, 0.1) is 13.2 Å². The molecule has 10 nitrogen and oxygen atoms in total. The highest BCUT2D eigenvalue weighted by molar-refractivity contribution is 6.01. The first-order chi connectivity index (χ1) is 26.1. The second-order valence-electron chi connectivity index (χ2n) is 12.6. The Kier molecular flexibility index (Phi) is 12.7. The largest absolute Gasteiger partial charge is 0.494 e. The van der Waals surface area contributed by atoms with Crippen LogP contribution < -0.4 is 15.6 Å². The number of aliphatic imine (C=N–C) groups is 1. The highest BCUT2D eigenvalue weighted by atomic mass is 16.5. The summed E-state index contributed by atoms with van der Waals surface area (Å²) >= 11 is 0. The van der Waals surface area contributed by atoms with Gasteiger partial charge in [0.25, 0.3) is 5.91 Å². The molecule has 0 radical (unpaired) electrons. The molecule has 0 spiro atoms. The molecule has 10 heteroatoms. The van der Waals surface area contributed by atoms with Crippen molar-refractivity contribution in [3.05, 3.63) is 189 Å². The number of nitrogens with zero attached hydrogens (tertiary/aromatic N) is 4. The molecule has 53 heavy (non-hydrogen) atoms. The summed E-state index contributed by atoms with van der Waals surface area (Å²) in [7, 11) is 0. The average molecular weight is 707 g/mol. The first-order valence-electron chi connectivity index (χ1n) is 17.7. The molecule has 1 aliphatic rings. The topological polar surface area (TPSA) is 141 Å². The number of rotatable bonds is 17. The summed E-state index contributed by atoms with van der Waals surface area (Å²) in [4.78, 5) is 23.0. The zero-order valence-corrected chi connectivity index (χ0v) is 29.3. The molecule has 1 aliphatic heterocycles. The van der Waals surface area contributed by atoms with Crippen molar-refractivity contribution in [1.82, 2.24) is 10.9 Å². The predicted octanol–water partition coefficient (Wildman–Crippen LogP) is 8.07. The van der Waals surface area contributed by atoms with E-state index in [1.807, 2.05) is 127 Å². The lowest BCUT2D eigenvalue weighted by Gasteiger charge is -2.31. The molecule has 5 aromatic rings. The predicted molar refractivity (Wildman–Crippen MR) is 207 cm³/mol. The lowest BCUT2D eigenvalue weighted by molar-refractivity contribution is -0.129. The first kappa shape index (κ1) is 36.6. The van der Waals surface area contributed by atoms with Crippen LogP contribution in [0.1, 0.15) is 58.2 Å². The molecular weight excluding hydrogens is 665 g/mol. The van der Waals surface area contributed by atoms with E-state index >= 15 is 0 Å². The molecule has 0 unspecified atom stereocenters. The molecule has 1 heterocycles. The molecule has 0 aliphatic carbocycles. The van der Waals surface area contributed by atoms with Crippen molar-refractivity contribution in [2.45, 2.75) is 36.9 Å². The number of hydrazine groups is 1. The Hall–Kier alpha value is -6.19. The summed E-state index contributed by atoms with van der Waals surface area (Å²) < 4.78 is 12.5. The lowest BCUT2D eigenvalue weighted by Crippen LogP contribution is -2.53. The molecule has 0 saturated heterocycles. The van der Waals surface area contributed by atoms with Crippen LogP contribution in [0.15, 0.2) is 156 Å². The Balaban J connectivity index is 1.37. The van der Waals surface area contributed by atoms with Crippen LogP contribution in [0.25, 0.3) is 16.5 Å². The number of hydrogen-bond acceptors (Lipinski definition) is 7. The third-order valence-corrected chi connectivity index (χ3v) is 9.12. The normalized spacial score (nSPS) is 16.5. The van der Waals surface area contributed by atoms with E-state index in [1.165, 1.54) is 0 Å². The third kappa shape index (κ3) is 9.19. The molecule has 3 N–H and O–H groups in total. The quantitative estimate of drug-likeness (QED) is 0.0295. The van der Waals surface area contributed by atoms with Gasteiger partial charge in [0, 0.05) is 42.4 Å². The van der Waals surface area contributed by atoms with Crippen molar-refractivity contribution in [3.63, 3.8) is 0 Å². The van der Waals surface area contributed by atoms with E-state index in [9.17, 15) is 10.3 Å². The van der Waals surface area contributed by atoms with Crippen LogP contribution in [0.4, 0.5) is 0 Å². The van der Waals surface area contributed by atoms with Gasteiger partial charge >= 0.3 is 0 Å². The fourth-order valence-electron chi connectivity index (χ4n) is 6.41. The molecular formula is C43H42N6O4. The van der Waals surface area contributed by atoms with Gasteiger partial charge in [-0.3, -0.25) is 10.2 Å². The maximum atomic E-state index is 14.8. The van der Waals surface area contributed by atoms with E-state index in [2.05, 4.69) is 45.1 Å². The Morgan fingerprint density at radius 3 is 2.21 bits per heavy atom. The first-order valence-corrected chi connectivity index (χ1v) is 17.7. The summed E-state index contributed by atoms with van der Waals surface area (Å²) in [5.41, 5.74) is 19.3. The standard InChI is InChI=1S/C43H42N6O4/c44-49-46-30-36-21-10-11-22-38(36)40-43(27-12-16-32-14-4-1-5-15-32,47-41(53-40)35-23-25-37(26-24-35)52-29-13-28-50)42(51)48-45-31-39(33-17-6-2-7-18-33)34-19-8-3-9-20-34/h1-12,14-26,39-40,45,50H,13,27-31H2,(H,48,51)/b16-12+/t40-,43-/m0/s1. The van der Waals surface area contributed by atoms with Crippen molar-refractivity contribution in [3.8, 4) is 5.75 Å². The summed E-state index contributed by atoms with van der Waals surface area (Å²) in [5, 5.41) is 13.0. The Labute approximate surface area is 309 Å². The number of azide groups is 1. The van der Waals surface area contributed by atoms with Crippen LogP contribution in [0, 0.1) is 0 Å². The number of aliphatic hydroxyl groups excluding tert-OH is 1. The number of ether oxygens (including phenoxy) is 2. The number of aliphatic hydroxyl groups is 1.